The van der Waals surface area contributed by atoms with Gasteiger partial charge in [0.25, 0.3) is 5.69 Å². The molecular formula is C16H13NO5. The number of carboxylic acid groups (broad SMARTS) is 1. The number of rotatable bonds is 2. The lowest BCUT2D eigenvalue weighted by Gasteiger charge is -2.08. The highest BCUT2D eigenvalue weighted by Crippen LogP contribution is 2.38. The van der Waals surface area contributed by atoms with Crippen molar-refractivity contribution in [2.45, 2.75) is 6.92 Å². The van der Waals surface area contributed by atoms with Crippen molar-refractivity contribution in [3.05, 3.63) is 52.7 Å². The standard InChI is InChI=1S/C16H13NO5/c1-9-12-8-11(21-2)4-6-14(12)22-15-5-3-10(16(18)19)7-13(15)17(9)20/h3-8H,1-2H3,(H,18,19). The van der Waals surface area contributed by atoms with Crippen LogP contribution < -0.4 is 9.47 Å². The lowest BCUT2D eigenvalue weighted by molar-refractivity contribution is -0.360. The first-order valence-electron chi connectivity index (χ1n) is 6.55. The molecule has 0 spiro atoms. The van der Waals surface area contributed by atoms with E-state index in [-0.39, 0.29) is 11.3 Å². The molecule has 2 aromatic rings. The fourth-order valence-electron chi connectivity index (χ4n) is 2.31. The lowest BCUT2D eigenvalue weighted by Crippen LogP contribution is -2.09. The summed E-state index contributed by atoms with van der Waals surface area (Å²) >= 11 is 0. The van der Waals surface area contributed by atoms with E-state index in [2.05, 4.69) is 0 Å². The summed E-state index contributed by atoms with van der Waals surface area (Å²) in [6.07, 6.45) is 0. The summed E-state index contributed by atoms with van der Waals surface area (Å²) < 4.78 is 11.6. The fourth-order valence-corrected chi connectivity index (χ4v) is 2.31. The number of aromatic carboxylic acids is 1. The number of carboxylic acids is 1. The van der Waals surface area contributed by atoms with E-state index >= 15 is 0 Å². The van der Waals surface area contributed by atoms with E-state index in [9.17, 15) is 10.0 Å². The molecule has 0 amide bonds. The van der Waals surface area contributed by atoms with E-state index in [1.807, 2.05) is 0 Å². The number of nitrogens with zero attached hydrogens (tertiary/aromatic N) is 1. The quantitative estimate of drug-likeness (QED) is 0.680. The van der Waals surface area contributed by atoms with Crippen LogP contribution in [0.5, 0.6) is 17.2 Å². The Morgan fingerprint density at radius 1 is 1.23 bits per heavy atom. The summed E-state index contributed by atoms with van der Waals surface area (Å²) in [7, 11) is 1.54. The molecule has 0 bridgehead atoms. The van der Waals surface area contributed by atoms with Gasteiger partial charge in [-0.2, -0.15) is 4.74 Å². The molecule has 0 saturated heterocycles. The van der Waals surface area contributed by atoms with Crippen molar-refractivity contribution >= 4 is 17.4 Å². The zero-order chi connectivity index (χ0) is 15.9. The smallest absolute Gasteiger partial charge is 0.335 e. The van der Waals surface area contributed by atoms with Gasteiger partial charge >= 0.3 is 5.97 Å². The van der Waals surface area contributed by atoms with Crippen LogP contribution in [0.4, 0.5) is 5.69 Å². The average Bonchev–Trinajstić information content (AvgIpc) is 2.63. The average molecular weight is 299 g/mol. The maximum absolute atomic E-state index is 12.5. The minimum absolute atomic E-state index is 0.0273. The van der Waals surface area contributed by atoms with Crippen molar-refractivity contribution in [3.8, 4) is 17.2 Å². The molecule has 0 unspecified atom stereocenters. The number of carbonyl (C=O) groups is 1. The van der Waals surface area contributed by atoms with Gasteiger partial charge in [-0.3, -0.25) is 0 Å². The normalized spacial score (nSPS) is 12.8. The van der Waals surface area contributed by atoms with Crippen molar-refractivity contribution in [2.24, 2.45) is 0 Å². The van der Waals surface area contributed by atoms with Gasteiger partial charge in [0.1, 0.15) is 11.5 Å². The monoisotopic (exact) mass is 299 g/mol. The zero-order valence-electron chi connectivity index (χ0n) is 12.0. The molecule has 6 nitrogen and oxygen atoms in total. The van der Waals surface area contributed by atoms with Gasteiger partial charge in [-0.15, -0.1) is 0 Å². The number of benzene rings is 2. The first kappa shape index (κ1) is 13.9. The Morgan fingerprint density at radius 3 is 2.64 bits per heavy atom. The minimum atomic E-state index is -1.10. The second-order valence-corrected chi connectivity index (χ2v) is 4.83. The van der Waals surface area contributed by atoms with E-state index in [0.29, 0.717) is 33.3 Å². The molecule has 0 fully saturated rings. The van der Waals surface area contributed by atoms with Crippen molar-refractivity contribution in [2.75, 3.05) is 7.11 Å². The topological polar surface area (TPSA) is 81.8 Å². The molecule has 0 radical (unpaired) electrons. The van der Waals surface area contributed by atoms with E-state index < -0.39 is 5.97 Å². The second kappa shape index (κ2) is 5.07. The first-order valence-corrected chi connectivity index (χ1v) is 6.55. The Morgan fingerprint density at radius 2 is 1.95 bits per heavy atom. The third kappa shape index (κ3) is 2.14. The molecule has 6 heteroatoms. The molecule has 1 aliphatic heterocycles. The molecule has 0 saturated carbocycles. The Balaban J connectivity index is 2.23. The molecule has 0 aliphatic carbocycles. The van der Waals surface area contributed by atoms with E-state index in [1.54, 1.807) is 25.1 Å². The van der Waals surface area contributed by atoms with Gasteiger partial charge in [-0.1, -0.05) is 0 Å². The first-order chi connectivity index (χ1) is 10.5. The molecule has 1 aliphatic rings. The summed E-state index contributed by atoms with van der Waals surface area (Å²) in [5, 5.41) is 21.6. The van der Waals surface area contributed by atoms with Crippen molar-refractivity contribution in [3.63, 3.8) is 0 Å². The minimum Gasteiger partial charge on any atom is -0.618 e. The van der Waals surface area contributed by atoms with Crippen LogP contribution in [0.2, 0.25) is 0 Å². The molecule has 112 valence electrons. The zero-order valence-corrected chi connectivity index (χ0v) is 12.0. The van der Waals surface area contributed by atoms with Crippen LogP contribution in [0.15, 0.2) is 36.4 Å². The Bertz CT molecular complexity index is 810. The summed E-state index contributed by atoms with van der Waals surface area (Å²) in [6, 6.07) is 9.34. The molecule has 3 rings (SSSR count). The number of methoxy groups -OCH3 is 1. The van der Waals surface area contributed by atoms with Gasteiger partial charge in [-0.25, -0.2) is 4.79 Å². The largest absolute Gasteiger partial charge is 0.618 e. The van der Waals surface area contributed by atoms with Crippen LogP contribution in [-0.4, -0.2) is 28.6 Å². The number of hydrogen-bond acceptors (Lipinski definition) is 4. The van der Waals surface area contributed by atoms with Crippen molar-refractivity contribution in [1.29, 1.82) is 0 Å². The number of fused-ring (bicyclic) bond motifs is 2. The predicted molar refractivity (Wildman–Crippen MR) is 79.5 cm³/mol. The predicted octanol–water partition coefficient (Wildman–Crippen LogP) is 3.15. The summed E-state index contributed by atoms with van der Waals surface area (Å²) in [4.78, 5) is 11.1. The molecule has 0 aromatic heterocycles. The highest BCUT2D eigenvalue weighted by molar-refractivity contribution is 5.99. The van der Waals surface area contributed by atoms with Gasteiger partial charge in [0.2, 0.25) is 5.71 Å². The van der Waals surface area contributed by atoms with Gasteiger partial charge in [0.15, 0.2) is 5.75 Å². The summed E-state index contributed by atoms with van der Waals surface area (Å²) in [5.41, 5.74) is 1.18. The van der Waals surface area contributed by atoms with Crippen LogP contribution in [0.3, 0.4) is 0 Å². The van der Waals surface area contributed by atoms with E-state index in [1.165, 1.54) is 25.3 Å². The van der Waals surface area contributed by atoms with Gasteiger partial charge in [-0.05, 0) is 30.3 Å². The molecule has 2 aromatic carbocycles. The Labute approximate surface area is 126 Å². The lowest BCUT2D eigenvalue weighted by atomic mass is 10.1. The number of hydrogen-bond donors (Lipinski definition) is 1. The molecule has 1 heterocycles. The Hall–Kier alpha value is -3.02. The van der Waals surface area contributed by atoms with Gasteiger partial charge in [0.05, 0.1) is 18.2 Å². The van der Waals surface area contributed by atoms with Gasteiger partial charge in [0, 0.05) is 13.0 Å². The van der Waals surface area contributed by atoms with Crippen LogP contribution in [0.25, 0.3) is 0 Å². The van der Waals surface area contributed by atoms with Crippen LogP contribution >= 0.6 is 0 Å². The van der Waals surface area contributed by atoms with E-state index in [0.717, 1.165) is 0 Å². The highest BCUT2D eigenvalue weighted by atomic mass is 16.5. The highest BCUT2D eigenvalue weighted by Gasteiger charge is 2.26. The molecular weight excluding hydrogens is 286 g/mol. The van der Waals surface area contributed by atoms with E-state index in [4.69, 9.17) is 14.6 Å². The third-order valence-electron chi connectivity index (χ3n) is 3.53. The third-order valence-corrected chi connectivity index (χ3v) is 3.53. The Kier molecular flexibility index (Phi) is 3.21. The maximum Gasteiger partial charge on any atom is 0.335 e. The van der Waals surface area contributed by atoms with Crippen LogP contribution in [-0.2, 0) is 0 Å². The van der Waals surface area contributed by atoms with Gasteiger partial charge < -0.3 is 19.8 Å². The van der Waals surface area contributed by atoms with Crippen LogP contribution in [0, 0.1) is 5.21 Å². The molecule has 0 atom stereocenters. The second-order valence-electron chi connectivity index (χ2n) is 4.83. The summed E-state index contributed by atoms with van der Waals surface area (Å²) in [5.74, 6) is 0.328. The molecule has 1 N–H and O–H groups in total. The number of ether oxygens (including phenoxy) is 2. The summed E-state index contributed by atoms with van der Waals surface area (Å²) in [6.45, 7) is 1.65. The molecule has 22 heavy (non-hydrogen) atoms. The van der Waals surface area contributed by atoms with Crippen molar-refractivity contribution < 1.29 is 24.1 Å². The fraction of sp³-hybridized carbons (Fsp3) is 0.125. The SMILES string of the molecule is COc1ccc2c(c1)C(C)=[N+]([O-])c1cc(C(=O)O)ccc1O2. The van der Waals surface area contributed by atoms with Crippen LogP contribution in [0.1, 0.15) is 22.8 Å². The maximum atomic E-state index is 12.5. The van der Waals surface area contributed by atoms with Crippen molar-refractivity contribution in [1.82, 2.24) is 0 Å².